The van der Waals surface area contributed by atoms with E-state index in [2.05, 4.69) is 6.92 Å². The average Bonchev–Trinajstić information content (AvgIpc) is 2.69. The van der Waals surface area contributed by atoms with Gasteiger partial charge in [-0.05, 0) is 57.8 Å². The van der Waals surface area contributed by atoms with Crippen molar-refractivity contribution in [3.8, 4) is 0 Å². The summed E-state index contributed by atoms with van der Waals surface area (Å²) >= 11 is 0. The Balaban J connectivity index is 2.22. The minimum atomic E-state index is -1.90. The summed E-state index contributed by atoms with van der Waals surface area (Å²) < 4.78 is 5.46. The molecule has 0 aromatic carbocycles. The molecule has 1 aliphatic heterocycles. The van der Waals surface area contributed by atoms with Crippen molar-refractivity contribution >= 4 is 5.97 Å². The van der Waals surface area contributed by atoms with Crippen molar-refractivity contribution in [2.24, 2.45) is 23.7 Å². The van der Waals surface area contributed by atoms with Crippen molar-refractivity contribution in [1.82, 2.24) is 0 Å². The minimum absolute atomic E-state index is 0.0748. The van der Waals surface area contributed by atoms with Gasteiger partial charge in [0.15, 0.2) is 0 Å². The number of rotatable bonds is 1. The Bertz CT molecular complexity index is 596. The first kappa shape index (κ1) is 16.7. The first-order valence-corrected chi connectivity index (χ1v) is 8.67. The first-order valence-electron chi connectivity index (χ1n) is 8.67. The molecule has 23 heavy (non-hydrogen) atoms. The normalized spacial score (nSPS) is 46.1. The second-order valence-electron chi connectivity index (χ2n) is 8.16. The molecule has 3 rings (SSSR count). The van der Waals surface area contributed by atoms with Gasteiger partial charge in [-0.1, -0.05) is 25.5 Å². The van der Waals surface area contributed by atoms with Gasteiger partial charge < -0.3 is 14.9 Å². The molecule has 4 nitrogen and oxygen atoms in total. The summed E-state index contributed by atoms with van der Waals surface area (Å²) in [5.41, 5.74) is 0.817. The summed E-state index contributed by atoms with van der Waals surface area (Å²) in [4.78, 5) is 12.4. The molecule has 0 spiro atoms. The van der Waals surface area contributed by atoms with E-state index in [0.29, 0.717) is 11.1 Å². The molecule has 0 saturated heterocycles. The van der Waals surface area contributed by atoms with Gasteiger partial charge in [0, 0.05) is 17.1 Å². The van der Waals surface area contributed by atoms with Gasteiger partial charge in [-0.3, -0.25) is 0 Å². The fourth-order valence-electron chi connectivity index (χ4n) is 4.80. The Kier molecular flexibility index (Phi) is 3.77. The molecule has 0 radical (unpaired) electrons. The lowest BCUT2D eigenvalue weighted by atomic mass is 9.70. The standard InChI is InChI=1S/C19H28O4/c1-10(2)8-13-9-12(4)14-7-6-11(3)15-16(14)19(22,18(13,5)21)23-17(15)20/h8,11-14,21-22H,6-7,9H2,1-5H3/t11-,12-,13+,14+,18-,19?/m0/s1. The largest absolute Gasteiger partial charge is 0.422 e. The molecule has 2 N–H and O–H groups in total. The number of esters is 1. The predicted molar refractivity (Wildman–Crippen MR) is 87.3 cm³/mol. The minimum Gasteiger partial charge on any atom is -0.422 e. The number of allylic oxidation sites excluding steroid dienone is 1. The lowest BCUT2D eigenvalue weighted by Gasteiger charge is -2.42. The van der Waals surface area contributed by atoms with Crippen LogP contribution in [0.5, 0.6) is 0 Å². The van der Waals surface area contributed by atoms with Gasteiger partial charge >= 0.3 is 5.97 Å². The van der Waals surface area contributed by atoms with E-state index in [0.717, 1.165) is 24.8 Å². The van der Waals surface area contributed by atoms with Crippen LogP contribution in [0.15, 0.2) is 22.8 Å². The summed E-state index contributed by atoms with van der Waals surface area (Å²) in [5, 5.41) is 22.6. The number of hydrogen-bond acceptors (Lipinski definition) is 4. The molecule has 1 saturated carbocycles. The second-order valence-corrected chi connectivity index (χ2v) is 8.16. The van der Waals surface area contributed by atoms with Crippen LogP contribution in [0, 0.1) is 23.7 Å². The van der Waals surface area contributed by atoms with Crippen LogP contribution in [0.4, 0.5) is 0 Å². The van der Waals surface area contributed by atoms with E-state index in [9.17, 15) is 15.0 Å². The van der Waals surface area contributed by atoms with Crippen LogP contribution in [-0.2, 0) is 9.53 Å². The zero-order chi connectivity index (χ0) is 17.2. The van der Waals surface area contributed by atoms with Crippen molar-refractivity contribution in [3.63, 3.8) is 0 Å². The summed E-state index contributed by atoms with van der Waals surface area (Å²) in [6.07, 6.45) is 4.63. The van der Waals surface area contributed by atoms with Crippen LogP contribution in [0.1, 0.15) is 53.9 Å². The van der Waals surface area contributed by atoms with E-state index < -0.39 is 17.4 Å². The Morgan fingerprint density at radius 3 is 2.52 bits per heavy atom. The number of carbonyl (C=O) groups excluding carboxylic acids is 1. The van der Waals surface area contributed by atoms with Crippen molar-refractivity contribution in [3.05, 3.63) is 22.8 Å². The number of carbonyl (C=O) groups is 1. The summed E-state index contributed by atoms with van der Waals surface area (Å²) in [5.74, 6) is -2.16. The van der Waals surface area contributed by atoms with Crippen LogP contribution in [0.3, 0.4) is 0 Å². The predicted octanol–water partition coefficient (Wildman–Crippen LogP) is 2.95. The Morgan fingerprint density at radius 1 is 1.26 bits per heavy atom. The topological polar surface area (TPSA) is 66.8 Å². The third-order valence-corrected chi connectivity index (χ3v) is 6.15. The molecule has 1 heterocycles. The van der Waals surface area contributed by atoms with Gasteiger partial charge in [0.2, 0.25) is 0 Å². The first-order chi connectivity index (χ1) is 10.6. The maximum absolute atomic E-state index is 12.4. The second kappa shape index (κ2) is 5.18. The van der Waals surface area contributed by atoms with Crippen molar-refractivity contribution < 1.29 is 19.7 Å². The maximum atomic E-state index is 12.4. The number of aliphatic hydroxyl groups is 2. The molecular formula is C19H28O4. The molecule has 0 bridgehead atoms. The van der Waals surface area contributed by atoms with E-state index in [-0.39, 0.29) is 23.7 Å². The summed E-state index contributed by atoms with van der Waals surface area (Å²) in [7, 11) is 0. The molecule has 0 aromatic rings. The Morgan fingerprint density at radius 2 is 1.91 bits per heavy atom. The Labute approximate surface area is 138 Å². The van der Waals surface area contributed by atoms with Gasteiger partial charge in [0.05, 0.1) is 0 Å². The van der Waals surface area contributed by atoms with E-state index >= 15 is 0 Å². The van der Waals surface area contributed by atoms with Crippen LogP contribution >= 0.6 is 0 Å². The molecule has 1 unspecified atom stereocenters. The highest BCUT2D eigenvalue weighted by Crippen LogP contribution is 2.57. The Hall–Kier alpha value is -1.13. The van der Waals surface area contributed by atoms with Crippen LogP contribution in [0.25, 0.3) is 0 Å². The molecule has 2 aliphatic carbocycles. The monoisotopic (exact) mass is 320 g/mol. The van der Waals surface area contributed by atoms with E-state index in [4.69, 9.17) is 4.74 Å². The lowest BCUT2D eigenvalue weighted by molar-refractivity contribution is -0.261. The molecule has 3 aliphatic rings. The molecule has 6 atom stereocenters. The van der Waals surface area contributed by atoms with Crippen LogP contribution < -0.4 is 0 Å². The fraction of sp³-hybridized carbons (Fsp3) is 0.737. The zero-order valence-electron chi connectivity index (χ0n) is 14.7. The highest BCUT2D eigenvalue weighted by atomic mass is 16.7. The average molecular weight is 320 g/mol. The quantitative estimate of drug-likeness (QED) is 0.576. The fourth-order valence-corrected chi connectivity index (χ4v) is 4.80. The molecule has 0 amide bonds. The zero-order valence-corrected chi connectivity index (χ0v) is 14.7. The van der Waals surface area contributed by atoms with Gasteiger partial charge in [0.25, 0.3) is 5.79 Å². The SMILES string of the molecule is CC(C)=C[C@@H]1C[C@H](C)[C@H]2CC[C@H](C)C3=C2C(O)(OC3=O)[C@@]1(C)O. The highest BCUT2D eigenvalue weighted by Gasteiger charge is 2.65. The molecular weight excluding hydrogens is 292 g/mol. The van der Waals surface area contributed by atoms with Crippen molar-refractivity contribution in [2.45, 2.75) is 65.3 Å². The molecule has 128 valence electrons. The summed E-state index contributed by atoms with van der Waals surface area (Å²) in [6.45, 7) is 9.73. The van der Waals surface area contributed by atoms with Crippen molar-refractivity contribution in [2.75, 3.05) is 0 Å². The molecule has 1 fully saturated rings. The number of hydrogen-bond donors (Lipinski definition) is 2. The van der Waals surface area contributed by atoms with Crippen LogP contribution in [0.2, 0.25) is 0 Å². The van der Waals surface area contributed by atoms with Gasteiger partial charge in [-0.25, -0.2) is 4.79 Å². The number of ether oxygens (including phenoxy) is 1. The molecule has 4 heteroatoms. The third kappa shape index (κ3) is 2.22. The van der Waals surface area contributed by atoms with Gasteiger partial charge in [-0.2, -0.15) is 0 Å². The van der Waals surface area contributed by atoms with Gasteiger partial charge in [0.1, 0.15) is 5.60 Å². The van der Waals surface area contributed by atoms with Gasteiger partial charge in [-0.15, -0.1) is 0 Å². The van der Waals surface area contributed by atoms with E-state index in [1.165, 1.54) is 0 Å². The summed E-state index contributed by atoms with van der Waals surface area (Å²) in [6, 6.07) is 0. The highest BCUT2D eigenvalue weighted by molar-refractivity contribution is 5.94. The lowest BCUT2D eigenvalue weighted by Crippen LogP contribution is -2.57. The molecule has 0 aromatic heterocycles. The van der Waals surface area contributed by atoms with E-state index in [1.807, 2.05) is 26.8 Å². The van der Waals surface area contributed by atoms with Crippen molar-refractivity contribution in [1.29, 1.82) is 0 Å². The maximum Gasteiger partial charge on any atom is 0.337 e. The smallest absolute Gasteiger partial charge is 0.337 e. The van der Waals surface area contributed by atoms with E-state index in [1.54, 1.807) is 6.92 Å². The third-order valence-electron chi connectivity index (χ3n) is 6.15. The van der Waals surface area contributed by atoms with Crippen LogP contribution in [-0.4, -0.2) is 27.6 Å².